The van der Waals surface area contributed by atoms with Crippen LogP contribution in [0.1, 0.15) is 27.7 Å². The largest absolute Gasteiger partial charge is 0.508 e. The molecule has 0 unspecified atom stereocenters. The van der Waals surface area contributed by atoms with Gasteiger partial charge in [0, 0.05) is 12.6 Å². The molecule has 0 saturated carbocycles. The molecule has 0 aliphatic carbocycles. The maximum absolute atomic E-state index is 12.5. The molecule has 0 fully saturated rings. The van der Waals surface area contributed by atoms with Gasteiger partial charge in [0.2, 0.25) is 5.91 Å². The fourth-order valence-corrected chi connectivity index (χ4v) is 2.23. The molecule has 1 aliphatic rings. The maximum Gasteiger partial charge on any atom is 0.271 e. The Labute approximate surface area is 130 Å². The molecule has 2 amide bonds. The van der Waals surface area contributed by atoms with Gasteiger partial charge in [-0.25, -0.2) is 0 Å². The van der Waals surface area contributed by atoms with E-state index in [0.717, 1.165) is 0 Å². The van der Waals surface area contributed by atoms with E-state index in [9.17, 15) is 14.7 Å². The maximum atomic E-state index is 12.5. The first-order valence-corrected chi connectivity index (χ1v) is 7.31. The number of aromatic hydroxyl groups is 1. The number of phenolic OH excluding ortho intramolecular Hbond substituents is 1. The lowest BCUT2D eigenvalue weighted by atomic mass is 10.0. The standard InChI is InChI=1S/C16H22N2O4/c1-10(2)8-17-14(20)9-18-12-6-5-11(19)7-13(12)22-16(3,4)15(18)21/h5-7,10,19H,8-9H2,1-4H3,(H,17,20). The molecule has 0 saturated heterocycles. The minimum Gasteiger partial charge on any atom is -0.508 e. The number of fused-ring (bicyclic) bond motifs is 1. The van der Waals surface area contributed by atoms with Gasteiger partial charge in [-0.3, -0.25) is 14.5 Å². The highest BCUT2D eigenvalue weighted by atomic mass is 16.5. The summed E-state index contributed by atoms with van der Waals surface area (Å²) in [4.78, 5) is 26.0. The van der Waals surface area contributed by atoms with E-state index in [2.05, 4.69) is 5.32 Å². The third-order valence-electron chi connectivity index (χ3n) is 3.37. The lowest BCUT2D eigenvalue weighted by Gasteiger charge is -2.38. The highest BCUT2D eigenvalue weighted by molar-refractivity contribution is 6.05. The zero-order valence-corrected chi connectivity index (χ0v) is 13.3. The molecule has 1 aromatic rings. The third-order valence-corrected chi connectivity index (χ3v) is 3.37. The van der Waals surface area contributed by atoms with E-state index in [-0.39, 0.29) is 24.1 Å². The second-order valence-electron chi connectivity index (χ2n) is 6.35. The molecule has 2 rings (SSSR count). The van der Waals surface area contributed by atoms with Gasteiger partial charge in [0.05, 0.1) is 5.69 Å². The summed E-state index contributed by atoms with van der Waals surface area (Å²) in [5, 5.41) is 12.4. The van der Waals surface area contributed by atoms with Crippen molar-refractivity contribution in [3.63, 3.8) is 0 Å². The van der Waals surface area contributed by atoms with E-state index in [1.807, 2.05) is 13.8 Å². The molecule has 2 N–H and O–H groups in total. The summed E-state index contributed by atoms with van der Waals surface area (Å²) in [7, 11) is 0. The van der Waals surface area contributed by atoms with Gasteiger partial charge in [0.1, 0.15) is 18.0 Å². The third kappa shape index (κ3) is 3.32. The van der Waals surface area contributed by atoms with Crippen molar-refractivity contribution < 1.29 is 19.4 Å². The van der Waals surface area contributed by atoms with Gasteiger partial charge in [0.25, 0.3) is 5.91 Å². The predicted molar refractivity (Wildman–Crippen MR) is 83.0 cm³/mol. The number of anilines is 1. The minimum atomic E-state index is -1.08. The molecule has 22 heavy (non-hydrogen) atoms. The Hall–Kier alpha value is -2.24. The summed E-state index contributed by atoms with van der Waals surface area (Å²) < 4.78 is 5.64. The number of hydrogen-bond acceptors (Lipinski definition) is 4. The fraction of sp³-hybridized carbons (Fsp3) is 0.500. The molecule has 1 heterocycles. The van der Waals surface area contributed by atoms with Crippen LogP contribution in [0.5, 0.6) is 11.5 Å². The molecule has 6 heteroatoms. The zero-order chi connectivity index (χ0) is 16.5. The highest BCUT2D eigenvalue weighted by Gasteiger charge is 2.41. The Kier molecular flexibility index (Phi) is 4.30. The number of benzene rings is 1. The Balaban J connectivity index is 2.25. The van der Waals surface area contributed by atoms with Crippen LogP contribution in [-0.4, -0.2) is 35.6 Å². The molecule has 0 radical (unpaired) electrons. The lowest BCUT2D eigenvalue weighted by Crippen LogP contribution is -2.55. The van der Waals surface area contributed by atoms with Crippen LogP contribution in [0.15, 0.2) is 18.2 Å². The quantitative estimate of drug-likeness (QED) is 0.887. The fourth-order valence-electron chi connectivity index (χ4n) is 2.23. The number of nitrogens with zero attached hydrogens (tertiary/aromatic N) is 1. The molecular formula is C16H22N2O4. The average Bonchev–Trinajstić information content (AvgIpc) is 2.41. The Morgan fingerprint density at radius 1 is 1.41 bits per heavy atom. The number of phenols is 1. The van der Waals surface area contributed by atoms with E-state index in [1.165, 1.54) is 17.0 Å². The normalized spacial score (nSPS) is 16.2. The monoisotopic (exact) mass is 306 g/mol. The van der Waals surface area contributed by atoms with Crippen LogP contribution in [-0.2, 0) is 9.59 Å². The van der Waals surface area contributed by atoms with Gasteiger partial charge in [0.15, 0.2) is 5.60 Å². The van der Waals surface area contributed by atoms with Crippen LogP contribution in [0, 0.1) is 5.92 Å². The highest BCUT2D eigenvalue weighted by Crippen LogP contribution is 2.39. The van der Waals surface area contributed by atoms with E-state index in [4.69, 9.17) is 4.74 Å². The van der Waals surface area contributed by atoms with Gasteiger partial charge < -0.3 is 15.2 Å². The minimum absolute atomic E-state index is 0.0492. The van der Waals surface area contributed by atoms with Crippen molar-refractivity contribution in [2.24, 2.45) is 5.92 Å². The summed E-state index contributed by atoms with van der Waals surface area (Å²) in [5.74, 6) is 0.267. The van der Waals surface area contributed by atoms with Crippen molar-refractivity contribution in [2.45, 2.75) is 33.3 Å². The first-order valence-electron chi connectivity index (χ1n) is 7.31. The first kappa shape index (κ1) is 16.1. The number of rotatable bonds is 4. The number of carbonyl (C=O) groups excluding carboxylic acids is 2. The summed E-state index contributed by atoms with van der Waals surface area (Å²) >= 11 is 0. The topological polar surface area (TPSA) is 78.9 Å². The number of ether oxygens (including phenoxy) is 1. The van der Waals surface area contributed by atoms with Crippen LogP contribution in [0.25, 0.3) is 0 Å². The summed E-state index contributed by atoms with van der Waals surface area (Å²) in [6.45, 7) is 7.77. The van der Waals surface area contributed by atoms with Crippen LogP contribution < -0.4 is 15.0 Å². The van der Waals surface area contributed by atoms with Crippen LogP contribution in [0.4, 0.5) is 5.69 Å². The second-order valence-corrected chi connectivity index (χ2v) is 6.35. The van der Waals surface area contributed by atoms with E-state index in [1.54, 1.807) is 19.9 Å². The van der Waals surface area contributed by atoms with Crippen LogP contribution in [0.3, 0.4) is 0 Å². The molecule has 0 spiro atoms. The van der Waals surface area contributed by atoms with Gasteiger partial charge in [-0.05, 0) is 31.9 Å². The molecule has 0 atom stereocenters. The van der Waals surface area contributed by atoms with Crippen LogP contribution in [0.2, 0.25) is 0 Å². The van der Waals surface area contributed by atoms with Crippen molar-refractivity contribution in [3.05, 3.63) is 18.2 Å². The van der Waals surface area contributed by atoms with E-state index >= 15 is 0 Å². The summed E-state index contributed by atoms with van der Waals surface area (Å²) in [6.07, 6.45) is 0. The number of hydrogen-bond donors (Lipinski definition) is 2. The van der Waals surface area contributed by atoms with Gasteiger partial charge in [-0.1, -0.05) is 13.8 Å². The van der Waals surface area contributed by atoms with Crippen molar-refractivity contribution in [2.75, 3.05) is 18.0 Å². The second kappa shape index (κ2) is 5.87. The van der Waals surface area contributed by atoms with E-state index in [0.29, 0.717) is 23.9 Å². The zero-order valence-electron chi connectivity index (χ0n) is 13.3. The predicted octanol–water partition coefficient (Wildman–Crippen LogP) is 1.67. The SMILES string of the molecule is CC(C)CNC(=O)CN1C(=O)C(C)(C)Oc2cc(O)ccc21. The van der Waals surface area contributed by atoms with Crippen molar-refractivity contribution >= 4 is 17.5 Å². The summed E-state index contributed by atoms with van der Waals surface area (Å²) in [6, 6.07) is 4.49. The Morgan fingerprint density at radius 2 is 2.09 bits per heavy atom. The molecule has 6 nitrogen and oxygen atoms in total. The van der Waals surface area contributed by atoms with Crippen molar-refractivity contribution in [1.82, 2.24) is 5.32 Å². The van der Waals surface area contributed by atoms with Crippen LogP contribution >= 0.6 is 0 Å². The van der Waals surface area contributed by atoms with Gasteiger partial charge in [-0.15, -0.1) is 0 Å². The van der Waals surface area contributed by atoms with E-state index < -0.39 is 5.60 Å². The molecule has 120 valence electrons. The van der Waals surface area contributed by atoms with Crippen molar-refractivity contribution in [1.29, 1.82) is 0 Å². The smallest absolute Gasteiger partial charge is 0.271 e. The average molecular weight is 306 g/mol. The van der Waals surface area contributed by atoms with Gasteiger partial charge >= 0.3 is 0 Å². The Bertz CT molecular complexity index is 596. The number of carbonyl (C=O) groups is 2. The molecule has 0 aromatic heterocycles. The summed E-state index contributed by atoms with van der Waals surface area (Å²) in [5.41, 5.74) is -0.596. The first-order chi connectivity index (χ1) is 10.2. The molecular weight excluding hydrogens is 284 g/mol. The van der Waals surface area contributed by atoms with Crippen molar-refractivity contribution in [3.8, 4) is 11.5 Å². The molecule has 1 aliphatic heterocycles. The Morgan fingerprint density at radius 3 is 2.73 bits per heavy atom. The molecule has 1 aromatic carbocycles. The number of nitrogens with one attached hydrogen (secondary N) is 1. The molecule has 0 bridgehead atoms. The van der Waals surface area contributed by atoms with Gasteiger partial charge in [-0.2, -0.15) is 0 Å². The lowest BCUT2D eigenvalue weighted by molar-refractivity contribution is -0.134. The number of amides is 2.